The van der Waals surface area contributed by atoms with Gasteiger partial charge in [0.05, 0.1) is 4.90 Å². The van der Waals surface area contributed by atoms with Crippen molar-refractivity contribution in [1.29, 1.82) is 0 Å². The average molecular weight is 310 g/mol. The van der Waals surface area contributed by atoms with Crippen molar-refractivity contribution in [2.24, 2.45) is 0 Å². The summed E-state index contributed by atoms with van der Waals surface area (Å²) in [6, 6.07) is 1.95. The molecule has 5 heteroatoms. The van der Waals surface area contributed by atoms with Crippen LogP contribution in [0.3, 0.4) is 0 Å². The van der Waals surface area contributed by atoms with Crippen LogP contribution in [-0.4, -0.2) is 24.8 Å². The molecule has 118 valence electrons. The molecule has 2 N–H and O–H groups in total. The number of aryl methyl sites for hydroxylation is 2. The molecule has 1 heterocycles. The molecule has 0 aromatic heterocycles. The number of piperidine rings is 1. The van der Waals surface area contributed by atoms with E-state index in [4.69, 9.17) is 5.73 Å². The van der Waals surface area contributed by atoms with Crippen LogP contribution in [0, 0.1) is 20.8 Å². The summed E-state index contributed by atoms with van der Waals surface area (Å²) >= 11 is 0. The first kappa shape index (κ1) is 16.3. The number of hydrogen-bond donors (Lipinski definition) is 1. The lowest BCUT2D eigenvalue weighted by Crippen LogP contribution is -2.47. The van der Waals surface area contributed by atoms with Crippen LogP contribution in [0.2, 0.25) is 0 Å². The van der Waals surface area contributed by atoms with Crippen molar-refractivity contribution in [3.05, 3.63) is 22.8 Å². The Kier molecular flexibility index (Phi) is 4.36. The van der Waals surface area contributed by atoms with Crippen molar-refractivity contribution >= 4 is 15.7 Å². The number of nitrogens with zero attached hydrogens (tertiary/aromatic N) is 1. The lowest BCUT2D eigenvalue weighted by Gasteiger charge is -2.38. The summed E-state index contributed by atoms with van der Waals surface area (Å²) in [6.07, 6.45) is 2.92. The molecule has 1 fully saturated rings. The van der Waals surface area contributed by atoms with Crippen LogP contribution in [0.1, 0.15) is 49.8 Å². The molecule has 0 unspecified atom stereocenters. The van der Waals surface area contributed by atoms with Gasteiger partial charge < -0.3 is 5.73 Å². The Bertz CT molecular complexity index is 643. The third-order valence-electron chi connectivity index (χ3n) is 4.61. The summed E-state index contributed by atoms with van der Waals surface area (Å²) in [7, 11) is -3.51. The Hall–Kier alpha value is -1.07. The Morgan fingerprint density at radius 1 is 1.10 bits per heavy atom. The average Bonchev–Trinajstić information content (AvgIpc) is 2.35. The zero-order valence-corrected chi connectivity index (χ0v) is 14.4. The van der Waals surface area contributed by atoms with Crippen LogP contribution >= 0.6 is 0 Å². The molecule has 1 aromatic carbocycles. The molecular formula is C16H26N2O2S. The quantitative estimate of drug-likeness (QED) is 0.854. The highest BCUT2D eigenvalue weighted by Crippen LogP contribution is 2.35. The van der Waals surface area contributed by atoms with Gasteiger partial charge in [0.25, 0.3) is 0 Å². The Balaban J connectivity index is 2.62. The minimum Gasteiger partial charge on any atom is -0.398 e. The van der Waals surface area contributed by atoms with Crippen molar-refractivity contribution < 1.29 is 8.42 Å². The smallest absolute Gasteiger partial charge is 0.244 e. The van der Waals surface area contributed by atoms with Gasteiger partial charge >= 0.3 is 0 Å². The normalized spacial score (nSPS) is 24.2. The van der Waals surface area contributed by atoms with Gasteiger partial charge in [-0.25, -0.2) is 8.42 Å². The first-order valence-electron chi connectivity index (χ1n) is 7.57. The van der Waals surface area contributed by atoms with E-state index >= 15 is 0 Å². The van der Waals surface area contributed by atoms with Crippen molar-refractivity contribution in [2.45, 2.75) is 70.9 Å². The van der Waals surface area contributed by atoms with Crippen molar-refractivity contribution in [2.75, 3.05) is 5.73 Å². The maximum atomic E-state index is 13.2. The highest BCUT2D eigenvalue weighted by atomic mass is 32.2. The molecule has 1 saturated heterocycles. The minimum absolute atomic E-state index is 0.0417. The summed E-state index contributed by atoms with van der Waals surface area (Å²) in [5.74, 6) is 0. The number of hydrogen-bond acceptors (Lipinski definition) is 3. The van der Waals surface area contributed by atoms with Crippen LogP contribution in [0.4, 0.5) is 5.69 Å². The summed E-state index contributed by atoms with van der Waals surface area (Å²) in [4.78, 5) is 0.395. The van der Waals surface area contributed by atoms with Crippen molar-refractivity contribution in [1.82, 2.24) is 4.31 Å². The van der Waals surface area contributed by atoms with Gasteiger partial charge in [-0.3, -0.25) is 0 Å². The SMILES string of the molecule is Cc1cc(C)c(S(=O)(=O)N2[C@H](C)CCC[C@@H]2C)c(C)c1N. The fraction of sp³-hybridized carbons (Fsp3) is 0.625. The zero-order valence-electron chi connectivity index (χ0n) is 13.6. The molecular weight excluding hydrogens is 284 g/mol. The Labute approximate surface area is 128 Å². The van der Waals surface area contributed by atoms with Crippen molar-refractivity contribution in [3.8, 4) is 0 Å². The second-order valence-corrected chi connectivity index (χ2v) is 8.12. The topological polar surface area (TPSA) is 63.4 Å². The highest BCUT2D eigenvalue weighted by molar-refractivity contribution is 7.89. The van der Waals surface area contributed by atoms with Gasteiger partial charge in [0.15, 0.2) is 0 Å². The largest absolute Gasteiger partial charge is 0.398 e. The van der Waals surface area contributed by atoms with E-state index in [9.17, 15) is 8.42 Å². The van der Waals surface area contributed by atoms with E-state index in [0.717, 1.165) is 30.4 Å². The van der Waals surface area contributed by atoms with Gasteiger partial charge in [0, 0.05) is 17.8 Å². The van der Waals surface area contributed by atoms with E-state index in [1.54, 1.807) is 4.31 Å². The van der Waals surface area contributed by atoms with E-state index < -0.39 is 10.0 Å². The zero-order chi connectivity index (χ0) is 15.9. The van der Waals surface area contributed by atoms with Crippen LogP contribution in [0.5, 0.6) is 0 Å². The summed E-state index contributed by atoms with van der Waals surface area (Å²) in [5.41, 5.74) is 9.04. The second-order valence-electron chi connectivity index (χ2n) is 6.34. The Morgan fingerprint density at radius 2 is 1.62 bits per heavy atom. The maximum absolute atomic E-state index is 13.2. The van der Waals surface area contributed by atoms with Crippen molar-refractivity contribution in [3.63, 3.8) is 0 Å². The minimum atomic E-state index is -3.51. The lowest BCUT2D eigenvalue weighted by atomic mass is 10.0. The van der Waals surface area contributed by atoms with E-state index in [1.165, 1.54) is 0 Å². The molecule has 0 radical (unpaired) electrons. The van der Waals surface area contributed by atoms with E-state index in [-0.39, 0.29) is 12.1 Å². The molecule has 21 heavy (non-hydrogen) atoms. The van der Waals surface area contributed by atoms with E-state index in [2.05, 4.69) is 0 Å². The number of benzene rings is 1. The van der Waals surface area contributed by atoms with Crippen LogP contribution in [0.25, 0.3) is 0 Å². The molecule has 0 aliphatic carbocycles. The summed E-state index contributed by atoms with van der Waals surface area (Å²) in [6.45, 7) is 9.57. The van der Waals surface area contributed by atoms with Gasteiger partial charge in [-0.2, -0.15) is 4.31 Å². The number of anilines is 1. The van der Waals surface area contributed by atoms with Gasteiger partial charge in [-0.1, -0.05) is 12.5 Å². The molecule has 4 nitrogen and oxygen atoms in total. The van der Waals surface area contributed by atoms with E-state index in [1.807, 2.05) is 40.7 Å². The molecule has 1 aliphatic heterocycles. The number of nitrogen functional groups attached to an aromatic ring is 1. The third kappa shape index (κ3) is 2.69. The molecule has 0 bridgehead atoms. The monoisotopic (exact) mass is 310 g/mol. The van der Waals surface area contributed by atoms with Gasteiger partial charge in [-0.05, 0) is 64.2 Å². The fourth-order valence-corrected chi connectivity index (χ4v) is 5.89. The van der Waals surface area contributed by atoms with Gasteiger partial charge in [-0.15, -0.1) is 0 Å². The molecule has 0 saturated carbocycles. The van der Waals surface area contributed by atoms with Gasteiger partial charge in [0.2, 0.25) is 10.0 Å². The maximum Gasteiger partial charge on any atom is 0.244 e. The summed E-state index contributed by atoms with van der Waals surface area (Å²) < 4.78 is 28.0. The van der Waals surface area contributed by atoms with E-state index in [0.29, 0.717) is 16.1 Å². The standard InChI is InChI=1S/C16H26N2O2S/c1-10-9-11(2)16(14(5)15(10)17)21(19,20)18-12(3)7-6-8-13(18)4/h9,12-13H,6-8,17H2,1-5H3/t12-,13+. The predicted molar refractivity (Wildman–Crippen MR) is 86.9 cm³/mol. The first-order chi connectivity index (χ1) is 9.67. The molecule has 1 aromatic rings. The lowest BCUT2D eigenvalue weighted by molar-refractivity contribution is 0.204. The molecule has 2 atom stereocenters. The Morgan fingerprint density at radius 3 is 2.14 bits per heavy atom. The summed E-state index contributed by atoms with van der Waals surface area (Å²) in [5, 5.41) is 0. The van der Waals surface area contributed by atoms with Gasteiger partial charge in [0.1, 0.15) is 0 Å². The van der Waals surface area contributed by atoms with Crippen LogP contribution in [-0.2, 0) is 10.0 Å². The van der Waals surface area contributed by atoms with Crippen LogP contribution < -0.4 is 5.73 Å². The third-order valence-corrected chi connectivity index (χ3v) is 7.03. The molecule has 0 spiro atoms. The fourth-order valence-electron chi connectivity index (χ4n) is 3.56. The predicted octanol–water partition coefficient (Wildman–Crippen LogP) is 3.15. The molecule has 2 rings (SSSR count). The molecule has 1 aliphatic rings. The second kappa shape index (κ2) is 5.61. The number of sulfonamides is 1. The molecule has 0 amide bonds. The first-order valence-corrected chi connectivity index (χ1v) is 9.01. The highest BCUT2D eigenvalue weighted by Gasteiger charge is 2.37. The van der Waals surface area contributed by atoms with Crippen LogP contribution in [0.15, 0.2) is 11.0 Å². The number of rotatable bonds is 2. The number of nitrogens with two attached hydrogens (primary N) is 1.